The van der Waals surface area contributed by atoms with Crippen molar-refractivity contribution in [3.05, 3.63) is 29.6 Å². The van der Waals surface area contributed by atoms with Gasteiger partial charge in [0.25, 0.3) is 0 Å². The van der Waals surface area contributed by atoms with Crippen LogP contribution >= 0.6 is 12.4 Å². The topological polar surface area (TPSA) is 58.2 Å². The Labute approximate surface area is 125 Å². The molecule has 1 aliphatic rings. The van der Waals surface area contributed by atoms with Crippen LogP contribution < -0.4 is 10.0 Å². The Morgan fingerprint density at radius 3 is 2.80 bits per heavy atom. The van der Waals surface area contributed by atoms with Crippen LogP contribution in [-0.4, -0.2) is 28.1 Å². The lowest BCUT2D eigenvalue weighted by molar-refractivity contribution is 0.376. The molecule has 1 heterocycles. The molecule has 1 aromatic carbocycles. The predicted octanol–water partition coefficient (Wildman–Crippen LogP) is 1.83. The van der Waals surface area contributed by atoms with Crippen LogP contribution in [0.4, 0.5) is 4.39 Å². The Morgan fingerprint density at radius 2 is 2.20 bits per heavy atom. The summed E-state index contributed by atoms with van der Waals surface area (Å²) < 4.78 is 40.0. The molecule has 1 fully saturated rings. The Balaban J connectivity index is 0.00000200. The summed E-state index contributed by atoms with van der Waals surface area (Å²) in [6, 6.07) is 3.97. The van der Waals surface area contributed by atoms with Gasteiger partial charge in [0, 0.05) is 6.54 Å². The second-order valence-corrected chi connectivity index (χ2v) is 6.74. The molecule has 1 aromatic rings. The Bertz CT molecular complexity index is 545. The van der Waals surface area contributed by atoms with Crippen LogP contribution in [0.25, 0.3) is 0 Å². The first-order valence-electron chi connectivity index (χ1n) is 6.45. The molecule has 7 heteroatoms. The van der Waals surface area contributed by atoms with Crippen molar-refractivity contribution in [2.75, 3.05) is 19.6 Å². The quantitative estimate of drug-likeness (QED) is 0.889. The van der Waals surface area contributed by atoms with Crippen LogP contribution in [-0.2, 0) is 10.0 Å². The maximum atomic E-state index is 13.4. The zero-order chi connectivity index (χ0) is 13.9. The lowest BCUT2D eigenvalue weighted by Crippen LogP contribution is -2.38. The summed E-state index contributed by atoms with van der Waals surface area (Å²) in [5, 5.41) is 3.23. The molecule has 20 heavy (non-hydrogen) atoms. The molecule has 1 unspecified atom stereocenters. The number of benzene rings is 1. The summed E-state index contributed by atoms with van der Waals surface area (Å²) >= 11 is 0. The highest BCUT2D eigenvalue weighted by atomic mass is 35.5. The lowest BCUT2D eigenvalue weighted by Gasteiger charge is -2.22. The van der Waals surface area contributed by atoms with Crippen molar-refractivity contribution >= 4 is 22.4 Å². The highest BCUT2D eigenvalue weighted by molar-refractivity contribution is 7.89. The molecule has 0 aliphatic carbocycles. The van der Waals surface area contributed by atoms with E-state index in [0.29, 0.717) is 18.0 Å². The van der Waals surface area contributed by atoms with Gasteiger partial charge < -0.3 is 5.32 Å². The molecule has 0 saturated carbocycles. The zero-order valence-corrected chi connectivity index (χ0v) is 13.0. The number of halogens is 2. The van der Waals surface area contributed by atoms with E-state index in [9.17, 15) is 12.8 Å². The third kappa shape index (κ3) is 4.41. The molecule has 114 valence electrons. The fraction of sp³-hybridized carbons (Fsp3) is 0.538. The van der Waals surface area contributed by atoms with Crippen molar-refractivity contribution in [2.45, 2.75) is 24.7 Å². The minimum Gasteiger partial charge on any atom is -0.316 e. The highest BCUT2D eigenvalue weighted by Crippen LogP contribution is 2.15. The summed E-state index contributed by atoms with van der Waals surface area (Å²) in [6.45, 7) is 3.81. The molecule has 0 radical (unpaired) electrons. The second-order valence-electron chi connectivity index (χ2n) is 4.98. The number of hydrogen-bond donors (Lipinski definition) is 2. The van der Waals surface area contributed by atoms with E-state index in [2.05, 4.69) is 10.0 Å². The van der Waals surface area contributed by atoms with E-state index in [1.807, 2.05) is 0 Å². The number of sulfonamides is 1. The van der Waals surface area contributed by atoms with Crippen molar-refractivity contribution in [3.8, 4) is 0 Å². The fourth-order valence-electron chi connectivity index (χ4n) is 2.15. The van der Waals surface area contributed by atoms with Crippen LogP contribution in [0.15, 0.2) is 23.1 Å². The highest BCUT2D eigenvalue weighted by Gasteiger charge is 2.19. The minimum atomic E-state index is -3.62. The fourth-order valence-corrected chi connectivity index (χ4v) is 3.28. The number of rotatable bonds is 4. The van der Waals surface area contributed by atoms with Gasteiger partial charge in [-0.05, 0) is 56.5 Å². The van der Waals surface area contributed by atoms with Gasteiger partial charge in [0.1, 0.15) is 5.82 Å². The Morgan fingerprint density at radius 1 is 1.45 bits per heavy atom. The monoisotopic (exact) mass is 322 g/mol. The molecule has 1 atom stereocenters. The van der Waals surface area contributed by atoms with Gasteiger partial charge in [-0.3, -0.25) is 0 Å². The first-order chi connectivity index (χ1) is 8.99. The van der Waals surface area contributed by atoms with Crippen molar-refractivity contribution in [3.63, 3.8) is 0 Å². The van der Waals surface area contributed by atoms with E-state index >= 15 is 0 Å². The molecule has 2 rings (SSSR count). The molecule has 2 N–H and O–H groups in total. The molecule has 4 nitrogen and oxygen atoms in total. The third-order valence-electron chi connectivity index (χ3n) is 3.41. The van der Waals surface area contributed by atoms with Crippen molar-refractivity contribution in [1.29, 1.82) is 0 Å². The van der Waals surface area contributed by atoms with Gasteiger partial charge >= 0.3 is 0 Å². The van der Waals surface area contributed by atoms with Crippen LogP contribution in [0.2, 0.25) is 0 Å². The lowest BCUT2D eigenvalue weighted by atomic mass is 10.0. The van der Waals surface area contributed by atoms with Gasteiger partial charge in [0.2, 0.25) is 10.0 Å². The predicted molar refractivity (Wildman–Crippen MR) is 79.2 cm³/mol. The average molecular weight is 323 g/mol. The van der Waals surface area contributed by atoms with Gasteiger partial charge in [-0.2, -0.15) is 0 Å². The SMILES string of the molecule is Cc1ccc(S(=O)(=O)NCC2CCCNC2)cc1F.Cl. The van der Waals surface area contributed by atoms with Gasteiger partial charge in [0.15, 0.2) is 0 Å². The van der Waals surface area contributed by atoms with E-state index in [1.165, 1.54) is 12.1 Å². The van der Waals surface area contributed by atoms with Gasteiger partial charge in [0.05, 0.1) is 4.90 Å². The first-order valence-corrected chi connectivity index (χ1v) is 7.94. The summed E-state index contributed by atoms with van der Waals surface area (Å²) in [7, 11) is -3.62. The molecule has 0 aromatic heterocycles. The molecule has 0 spiro atoms. The Kier molecular flexibility index (Phi) is 6.39. The van der Waals surface area contributed by atoms with Crippen molar-refractivity contribution in [2.24, 2.45) is 5.92 Å². The van der Waals surface area contributed by atoms with Crippen LogP contribution in [0.5, 0.6) is 0 Å². The molecular weight excluding hydrogens is 303 g/mol. The smallest absolute Gasteiger partial charge is 0.240 e. The second kappa shape index (κ2) is 7.36. The molecule has 1 saturated heterocycles. The van der Waals surface area contributed by atoms with Gasteiger partial charge in [-0.15, -0.1) is 12.4 Å². The number of piperidine rings is 1. The van der Waals surface area contributed by atoms with E-state index < -0.39 is 15.8 Å². The zero-order valence-electron chi connectivity index (χ0n) is 11.4. The third-order valence-corrected chi connectivity index (χ3v) is 4.84. The number of hydrogen-bond acceptors (Lipinski definition) is 3. The summed E-state index contributed by atoms with van der Waals surface area (Å²) in [5.41, 5.74) is 0.440. The van der Waals surface area contributed by atoms with Crippen molar-refractivity contribution in [1.82, 2.24) is 10.0 Å². The maximum Gasteiger partial charge on any atom is 0.240 e. The molecule has 1 aliphatic heterocycles. The maximum absolute atomic E-state index is 13.4. The normalized spacial score (nSPS) is 19.4. The van der Waals surface area contributed by atoms with E-state index in [0.717, 1.165) is 32.0 Å². The first kappa shape index (κ1) is 17.4. The van der Waals surface area contributed by atoms with E-state index in [1.54, 1.807) is 6.92 Å². The standard InChI is InChI=1S/C13H19FN2O2S.ClH/c1-10-4-5-12(7-13(10)14)19(17,18)16-9-11-3-2-6-15-8-11;/h4-5,7,11,15-16H,2-3,6,8-9H2,1H3;1H. The van der Waals surface area contributed by atoms with Gasteiger partial charge in [-0.1, -0.05) is 6.07 Å². The Hall–Kier alpha value is -0.690. The summed E-state index contributed by atoms with van der Waals surface area (Å²) in [5.74, 6) is -0.193. The largest absolute Gasteiger partial charge is 0.316 e. The molecule has 0 bridgehead atoms. The molecular formula is C13H20ClFN2O2S. The number of nitrogens with one attached hydrogen (secondary N) is 2. The van der Waals surface area contributed by atoms with Gasteiger partial charge in [-0.25, -0.2) is 17.5 Å². The van der Waals surface area contributed by atoms with E-state index in [4.69, 9.17) is 0 Å². The van der Waals surface area contributed by atoms with Crippen LogP contribution in [0.3, 0.4) is 0 Å². The number of aryl methyl sites for hydroxylation is 1. The summed E-state index contributed by atoms with van der Waals surface area (Å²) in [4.78, 5) is -0.0145. The average Bonchev–Trinajstić information content (AvgIpc) is 2.41. The van der Waals surface area contributed by atoms with Crippen LogP contribution in [0, 0.1) is 18.7 Å². The van der Waals surface area contributed by atoms with E-state index in [-0.39, 0.29) is 17.3 Å². The summed E-state index contributed by atoms with van der Waals surface area (Å²) in [6.07, 6.45) is 2.07. The minimum absolute atomic E-state index is 0. The van der Waals surface area contributed by atoms with Crippen LogP contribution in [0.1, 0.15) is 18.4 Å². The molecule has 0 amide bonds. The van der Waals surface area contributed by atoms with Crippen molar-refractivity contribution < 1.29 is 12.8 Å².